The van der Waals surface area contributed by atoms with E-state index in [9.17, 15) is 9.59 Å². The zero-order valence-corrected chi connectivity index (χ0v) is 11.0. The third kappa shape index (κ3) is 4.67. The lowest BCUT2D eigenvalue weighted by molar-refractivity contribution is -0.140. The first-order chi connectivity index (χ1) is 8.52. The van der Waals surface area contributed by atoms with E-state index in [-0.39, 0.29) is 11.7 Å². The Labute approximate surface area is 110 Å². The molecule has 0 saturated heterocycles. The predicted octanol–water partition coefficient (Wildman–Crippen LogP) is 1.38. The van der Waals surface area contributed by atoms with Gasteiger partial charge in [-0.25, -0.2) is 0 Å². The Kier molecular flexibility index (Phi) is 5.51. The van der Waals surface area contributed by atoms with Crippen LogP contribution in [0.15, 0.2) is 29.2 Å². The SMILES string of the molecule is COc1cccc(SCC(=O)N[C@H](C)C(=O)O)c1. The fourth-order valence-corrected chi connectivity index (χ4v) is 1.94. The lowest BCUT2D eigenvalue weighted by atomic mass is 10.3. The zero-order valence-electron chi connectivity index (χ0n) is 10.2. The number of hydrogen-bond donors (Lipinski definition) is 2. The highest BCUT2D eigenvalue weighted by atomic mass is 32.2. The Morgan fingerprint density at radius 3 is 2.83 bits per heavy atom. The van der Waals surface area contributed by atoms with Crippen molar-refractivity contribution in [3.63, 3.8) is 0 Å². The van der Waals surface area contributed by atoms with Gasteiger partial charge in [0.25, 0.3) is 0 Å². The van der Waals surface area contributed by atoms with Crippen LogP contribution in [0.1, 0.15) is 6.92 Å². The molecule has 0 radical (unpaired) electrons. The maximum absolute atomic E-state index is 11.5. The van der Waals surface area contributed by atoms with Gasteiger partial charge in [-0.1, -0.05) is 6.07 Å². The van der Waals surface area contributed by atoms with Crippen molar-refractivity contribution in [2.45, 2.75) is 17.9 Å². The van der Waals surface area contributed by atoms with Crippen molar-refractivity contribution in [1.82, 2.24) is 5.32 Å². The molecule has 0 aromatic heterocycles. The lowest BCUT2D eigenvalue weighted by Gasteiger charge is -2.09. The van der Waals surface area contributed by atoms with E-state index in [1.54, 1.807) is 7.11 Å². The van der Waals surface area contributed by atoms with E-state index in [1.165, 1.54) is 18.7 Å². The predicted molar refractivity (Wildman–Crippen MR) is 69.0 cm³/mol. The summed E-state index contributed by atoms with van der Waals surface area (Å²) in [5.74, 6) is -0.461. The highest BCUT2D eigenvalue weighted by Crippen LogP contribution is 2.22. The number of thioether (sulfide) groups is 1. The molecule has 0 fully saturated rings. The highest BCUT2D eigenvalue weighted by molar-refractivity contribution is 8.00. The van der Waals surface area contributed by atoms with Gasteiger partial charge in [-0.15, -0.1) is 11.8 Å². The van der Waals surface area contributed by atoms with Gasteiger partial charge in [0.1, 0.15) is 11.8 Å². The summed E-state index contributed by atoms with van der Waals surface area (Å²) in [5.41, 5.74) is 0. The van der Waals surface area contributed by atoms with Crippen molar-refractivity contribution < 1.29 is 19.4 Å². The van der Waals surface area contributed by atoms with Crippen LogP contribution < -0.4 is 10.1 Å². The van der Waals surface area contributed by atoms with E-state index in [0.717, 1.165) is 10.6 Å². The molecule has 1 atom stereocenters. The first-order valence-corrected chi connectivity index (χ1v) is 6.30. The maximum atomic E-state index is 11.5. The van der Waals surface area contributed by atoms with Gasteiger partial charge < -0.3 is 15.2 Å². The third-order valence-corrected chi connectivity index (χ3v) is 3.15. The van der Waals surface area contributed by atoms with E-state index >= 15 is 0 Å². The lowest BCUT2D eigenvalue weighted by Crippen LogP contribution is -2.39. The van der Waals surface area contributed by atoms with Crippen molar-refractivity contribution in [3.8, 4) is 5.75 Å². The minimum absolute atomic E-state index is 0.171. The summed E-state index contributed by atoms with van der Waals surface area (Å²) in [5, 5.41) is 11.0. The average Bonchev–Trinajstić information content (AvgIpc) is 2.36. The van der Waals surface area contributed by atoms with Gasteiger partial charge >= 0.3 is 5.97 Å². The molecule has 5 nitrogen and oxygen atoms in total. The smallest absolute Gasteiger partial charge is 0.325 e. The first-order valence-electron chi connectivity index (χ1n) is 5.32. The largest absolute Gasteiger partial charge is 0.497 e. The van der Waals surface area contributed by atoms with Crippen LogP contribution in [0.3, 0.4) is 0 Å². The molecule has 98 valence electrons. The number of carboxylic acids is 1. The van der Waals surface area contributed by atoms with E-state index in [1.807, 2.05) is 24.3 Å². The minimum atomic E-state index is -1.05. The number of rotatable bonds is 6. The monoisotopic (exact) mass is 269 g/mol. The topological polar surface area (TPSA) is 75.6 Å². The van der Waals surface area contributed by atoms with Gasteiger partial charge in [0.05, 0.1) is 12.9 Å². The molecule has 0 aliphatic heterocycles. The summed E-state index contributed by atoms with van der Waals surface area (Å²) in [7, 11) is 1.57. The number of amides is 1. The van der Waals surface area contributed by atoms with Crippen LogP contribution in [0.25, 0.3) is 0 Å². The molecule has 0 saturated carbocycles. The number of benzene rings is 1. The molecular weight excluding hydrogens is 254 g/mol. The number of carbonyl (C=O) groups excluding carboxylic acids is 1. The second-order valence-corrected chi connectivity index (χ2v) is 4.64. The molecule has 0 unspecified atom stereocenters. The van der Waals surface area contributed by atoms with Crippen LogP contribution in [0.2, 0.25) is 0 Å². The van der Waals surface area contributed by atoms with Crippen molar-refractivity contribution >= 4 is 23.6 Å². The number of nitrogens with one attached hydrogen (secondary N) is 1. The molecule has 2 N–H and O–H groups in total. The van der Waals surface area contributed by atoms with E-state index < -0.39 is 12.0 Å². The van der Waals surface area contributed by atoms with Crippen LogP contribution in [0.4, 0.5) is 0 Å². The van der Waals surface area contributed by atoms with Gasteiger partial charge in [0.15, 0.2) is 0 Å². The Bertz CT molecular complexity index is 436. The number of ether oxygens (including phenoxy) is 1. The average molecular weight is 269 g/mol. The zero-order chi connectivity index (χ0) is 13.5. The highest BCUT2D eigenvalue weighted by Gasteiger charge is 2.13. The normalized spacial score (nSPS) is 11.7. The Morgan fingerprint density at radius 1 is 1.50 bits per heavy atom. The summed E-state index contributed by atoms with van der Waals surface area (Å²) in [6.07, 6.45) is 0. The molecular formula is C12H15NO4S. The molecule has 0 spiro atoms. The van der Waals surface area contributed by atoms with Crippen molar-refractivity contribution in [2.24, 2.45) is 0 Å². The van der Waals surface area contributed by atoms with E-state index in [2.05, 4.69) is 5.32 Å². The van der Waals surface area contributed by atoms with Crippen LogP contribution in [-0.2, 0) is 9.59 Å². The number of methoxy groups -OCH3 is 1. The van der Waals surface area contributed by atoms with Gasteiger partial charge in [-0.3, -0.25) is 9.59 Å². The Morgan fingerprint density at radius 2 is 2.22 bits per heavy atom. The maximum Gasteiger partial charge on any atom is 0.325 e. The molecule has 1 rings (SSSR count). The van der Waals surface area contributed by atoms with Crippen molar-refractivity contribution in [3.05, 3.63) is 24.3 Å². The Balaban J connectivity index is 2.44. The quantitative estimate of drug-likeness (QED) is 0.763. The number of carboxylic acid groups (broad SMARTS) is 1. The fraction of sp³-hybridized carbons (Fsp3) is 0.333. The van der Waals surface area contributed by atoms with Crippen LogP contribution in [0, 0.1) is 0 Å². The second kappa shape index (κ2) is 6.90. The standard InChI is InChI=1S/C12H15NO4S/c1-8(12(15)16)13-11(14)7-18-10-5-3-4-9(6-10)17-2/h3-6,8H,7H2,1-2H3,(H,13,14)(H,15,16)/t8-/m1/s1. The summed E-state index contributed by atoms with van der Waals surface area (Å²) < 4.78 is 5.07. The van der Waals surface area contributed by atoms with E-state index in [4.69, 9.17) is 9.84 Å². The van der Waals surface area contributed by atoms with Gasteiger partial charge in [0, 0.05) is 4.90 Å². The fourth-order valence-electron chi connectivity index (χ4n) is 1.18. The Hall–Kier alpha value is -1.69. The molecule has 0 bridgehead atoms. The molecule has 1 aromatic rings. The summed E-state index contributed by atoms with van der Waals surface area (Å²) in [6, 6.07) is 6.46. The third-order valence-electron chi connectivity index (χ3n) is 2.16. The van der Waals surface area contributed by atoms with Crippen molar-refractivity contribution in [2.75, 3.05) is 12.9 Å². The van der Waals surface area contributed by atoms with Crippen LogP contribution in [0.5, 0.6) is 5.75 Å². The number of carbonyl (C=O) groups is 2. The minimum Gasteiger partial charge on any atom is -0.497 e. The number of aliphatic carboxylic acids is 1. The summed E-state index contributed by atoms with van der Waals surface area (Å²) in [4.78, 5) is 22.9. The second-order valence-electron chi connectivity index (χ2n) is 3.60. The molecule has 18 heavy (non-hydrogen) atoms. The van der Waals surface area contributed by atoms with Crippen LogP contribution >= 0.6 is 11.8 Å². The number of hydrogen-bond acceptors (Lipinski definition) is 4. The molecule has 1 amide bonds. The molecule has 6 heteroatoms. The summed E-state index contributed by atoms with van der Waals surface area (Å²) in [6.45, 7) is 1.43. The van der Waals surface area contributed by atoms with Gasteiger partial charge in [-0.05, 0) is 25.1 Å². The molecule has 0 aliphatic rings. The van der Waals surface area contributed by atoms with Crippen molar-refractivity contribution in [1.29, 1.82) is 0 Å². The van der Waals surface area contributed by atoms with Gasteiger partial charge in [-0.2, -0.15) is 0 Å². The summed E-state index contributed by atoms with van der Waals surface area (Å²) >= 11 is 1.33. The van der Waals surface area contributed by atoms with Gasteiger partial charge in [0.2, 0.25) is 5.91 Å². The first kappa shape index (κ1) is 14.4. The molecule has 1 aromatic carbocycles. The molecule has 0 heterocycles. The van der Waals surface area contributed by atoms with Crippen LogP contribution in [-0.4, -0.2) is 35.9 Å². The molecule has 0 aliphatic carbocycles. The van der Waals surface area contributed by atoms with E-state index in [0.29, 0.717) is 0 Å².